The van der Waals surface area contributed by atoms with Crippen molar-refractivity contribution in [3.05, 3.63) is 59.4 Å². The van der Waals surface area contributed by atoms with Gasteiger partial charge < -0.3 is 19.7 Å². The Morgan fingerprint density at radius 3 is 2.55 bits per heavy atom. The first-order chi connectivity index (χ1) is 15.5. The highest BCUT2D eigenvalue weighted by Gasteiger charge is 2.73. The van der Waals surface area contributed by atoms with Gasteiger partial charge in [-0.3, -0.25) is 0 Å². The van der Waals surface area contributed by atoms with Gasteiger partial charge in [-0.2, -0.15) is 0 Å². The second-order valence-corrected chi connectivity index (χ2v) is 11.0. The third kappa shape index (κ3) is 2.93. The highest BCUT2D eigenvalue weighted by atomic mass is 16.6. The molecule has 0 aromatic heterocycles. The number of hydrogen-bond acceptors (Lipinski definition) is 6. The number of rotatable bonds is 2. The molecule has 176 valence electrons. The fourth-order valence-electron chi connectivity index (χ4n) is 7.33. The molecule has 6 heteroatoms. The monoisotopic (exact) mass is 452 g/mol. The Balaban J connectivity index is 1.65. The molecule has 4 aliphatic rings. The van der Waals surface area contributed by atoms with Gasteiger partial charge >= 0.3 is 11.9 Å². The summed E-state index contributed by atoms with van der Waals surface area (Å²) in [6.07, 6.45) is 3.55. The van der Waals surface area contributed by atoms with E-state index in [1.54, 1.807) is 24.3 Å². The van der Waals surface area contributed by atoms with E-state index in [0.29, 0.717) is 17.7 Å². The van der Waals surface area contributed by atoms with Crippen LogP contribution in [-0.2, 0) is 14.3 Å². The van der Waals surface area contributed by atoms with E-state index in [1.165, 1.54) is 6.08 Å². The number of allylic oxidation sites excluding steroid dienone is 2. The van der Waals surface area contributed by atoms with Crippen molar-refractivity contribution < 1.29 is 29.3 Å². The topological polar surface area (TPSA) is 93.1 Å². The van der Waals surface area contributed by atoms with Crippen LogP contribution in [0, 0.1) is 28.6 Å². The number of aliphatic hydroxyl groups is 2. The first kappa shape index (κ1) is 22.4. The SMILES string of the molecule is CC1C2=CC(=O)OC2=CC2C1C(O)C(OC(=O)c1ccccc1)C1(O)C(C)(C)CCCC21C. The molecule has 7 atom stereocenters. The van der Waals surface area contributed by atoms with Crippen LogP contribution >= 0.6 is 0 Å². The maximum atomic E-state index is 13.1. The lowest BCUT2D eigenvalue weighted by atomic mass is 9.40. The van der Waals surface area contributed by atoms with E-state index in [9.17, 15) is 19.8 Å². The Morgan fingerprint density at radius 1 is 1.15 bits per heavy atom. The molecule has 2 N–H and O–H groups in total. The normalized spacial score (nSPS) is 41.0. The summed E-state index contributed by atoms with van der Waals surface area (Å²) in [6.45, 7) is 7.98. The molecule has 7 unspecified atom stereocenters. The lowest BCUT2D eigenvalue weighted by Crippen LogP contribution is -2.76. The van der Waals surface area contributed by atoms with Gasteiger partial charge in [0.05, 0.1) is 11.7 Å². The van der Waals surface area contributed by atoms with Crippen molar-refractivity contribution in [3.8, 4) is 0 Å². The Labute approximate surface area is 194 Å². The number of benzene rings is 1. The van der Waals surface area contributed by atoms with Crippen LogP contribution < -0.4 is 0 Å². The number of carbonyl (C=O) groups excluding carboxylic acids is 2. The zero-order chi connectivity index (χ0) is 23.8. The predicted molar refractivity (Wildman–Crippen MR) is 121 cm³/mol. The quantitative estimate of drug-likeness (QED) is 0.664. The number of esters is 2. The van der Waals surface area contributed by atoms with Crippen molar-refractivity contribution in [1.82, 2.24) is 0 Å². The summed E-state index contributed by atoms with van der Waals surface area (Å²) in [5.41, 5.74) is -1.65. The molecule has 0 spiro atoms. The van der Waals surface area contributed by atoms with Crippen LogP contribution in [0.2, 0.25) is 0 Å². The van der Waals surface area contributed by atoms with E-state index in [2.05, 4.69) is 0 Å². The summed E-state index contributed by atoms with van der Waals surface area (Å²) >= 11 is 0. The highest BCUT2D eigenvalue weighted by Crippen LogP contribution is 2.67. The Morgan fingerprint density at radius 2 is 1.85 bits per heavy atom. The lowest BCUT2D eigenvalue weighted by molar-refractivity contribution is -0.306. The van der Waals surface area contributed by atoms with Crippen LogP contribution in [0.15, 0.2) is 53.8 Å². The predicted octanol–water partition coefficient (Wildman–Crippen LogP) is 3.78. The van der Waals surface area contributed by atoms with Gasteiger partial charge in [0.15, 0.2) is 6.10 Å². The first-order valence-electron chi connectivity index (χ1n) is 11.8. The zero-order valence-electron chi connectivity index (χ0n) is 19.6. The second kappa shape index (κ2) is 7.28. The van der Waals surface area contributed by atoms with Crippen molar-refractivity contribution in [2.45, 2.75) is 64.8 Å². The minimum Gasteiger partial charge on any atom is -0.453 e. The molecule has 0 bridgehead atoms. The molecular formula is C27H32O6. The highest BCUT2D eigenvalue weighted by molar-refractivity contribution is 5.90. The van der Waals surface area contributed by atoms with Crippen molar-refractivity contribution in [1.29, 1.82) is 0 Å². The molecule has 3 aliphatic carbocycles. The number of hydrogen-bond donors (Lipinski definition) is 2. The van der Waals surface area contributed by atoms with Crippen molar-refractivity contribution in [2.24, 2.45) is 28.6 Å². The molecule has 0 amide bonds. The lowest BCUT2D eigenvalue weighted by Gasteiger charge is -2.68. The van der Waals surface area contributed by atoms with Gasteiger partial charge in [-0.25, -0.2) is 9.59 Å². The van der Waals surface area contributed by atoms with E-state index < -0.39 is 40.6 Å². The Hall–Kier alpha value is -2.44. The van der Waals surface area contributed by atoms with Gasteiger partial charge in [-0.1, -0.05) is 52.3 Å². The van der Waals surface area contributed by atoms with Gasteiger partial charge in [0, 0.05) is 23.0 Å². The minimum atomic E-state index is -1.48. The second-order valence-electron chi connectivity index (χ2n) is 11.0. The van der Waals surface area contributed by atoms with Crippen LogP contribution in [0.25, 0.3) is 0 Å². The minimum absolute atomic E-state index is 0.194. The van der Waals surface area contributed by atoms with E-state index in [4.69, 9.17) is 9.47 Å². The third-order valence-electron chi connectivity index (χ3n) is 9.08. The van der Waals surface area contributed by atoms with Crippen molar-refractivity contribution in [3.63, 3.8) is 0 Å². The number of fused-ring (bicyclic) bond motifs is 4. The van der Waals surface area contributed by atoms with Gasteiger partial charge in [0.1, 0.15) is 11.4 Å². The Bertz CT molecular complexity index is 1060. The summed E-state index contributed by atoms with van der Waals surface area (Å²) in [5.74, 6) is -1.20. The molecule has 1 aliphatic heterocycles. The number of ether oxygens (including phenoxy) is 2. The molecule has 1 aromatic carbocycles. The standard InChI is InChI=1S/C27H32O6/c1-15-17-13-20(28)32-19(17)14-18-21(15)22(29)23(33-24(30)16-9-6-5-7-10-16)27(31)25(2,3)11-8-12-26(18,27)4/h5-7,9-10,13-15,18,21-23,29,31H,8,11-12H2,1-4H3. The molecule has 0 radical (unpaired) electrons. The molecule has 5 rings (SSSR count). The van der Waals surface area contributed by atoms with Crippen molar-refractivity contribution >= 4 is 11.9 Å². The maximum absolute atomic E-state index is 13.1. The maximum Gasteiger partial charge on any atom is 0.338 e. The van der Waals surface area contributed by atoms with E-state index >= 15 is 0 Å². The Kier molecular flexibility index (Phi) is 4.93. The van der Waals surface area contributed by atoms with Gasteiger partial charge in [0.2, 0.25) is 0 Å². The fraction of sp³-hybridized carbons (Fsp3) is 0.556. The van der Waals surface area contributed by atoms with Crippen LogP contribution in [0.4, 0.5) is 0 Å². The summed E-state index contributed by atoms with van der Waals surface area (Å²) in [4.78, 5) is 25.1. The number of carbonyl (C=O) groups is 2. The van der Waals surface area contributed by atoms with Crippen LogP contribution in [0.3, 0.4) is 0 Å². The molecule has 1 aromatic rings. The van der Waals surface area contributed by atoms with Gasteiger partial charge in [0.25, 0.3) is 0 Å². The zero-order valence-corrected chi connectivity index (χ0v) is 19.6. The molecule has 2 saturated carbocycles. The third-order valence-corrected chi connectivity index (χ3v) is 9.08. The summed E-state index contributed by atoms with van der Waals surface area (Å²) in [5, 5.41) is 24.3. The fourth-order valence-corrected chi connectivity index (χ4v) is 7.33. The van der Waals surface area contributed by atoms with Crippen LogP contribution in [-0.4, -0.2) is 40.0 Å². The molecule has 6 nitrogen and oxygen atoms in total. The van der Waals surface area contributed by atoms with E-state index in [0.717, 1.165) is 18.4 Å². The average molecular weight is 453 g/mol. The summed E-state index contributed by atoms with van der Waals surface area (Å²) < 4.78 is 11.5. The van der Waals surface area contributed by atoms with Gasteiger partial charge in [-0.05, 0) is 48.3 Å². The van der Waals surface area contributed by atoms with Crippen molar-refractivity contribution in [2.75, 3.05) is 0 Å². The van der Waals surface area contributed by atoms with Crippen LogP contribution in [0.5, 0.6) is 0 Å². The van der Waals surface area contributed by atoms with E-state index in [1.807, 2.05) is 39.8 Å². The van der Waals surface area contributed by atoms with E-state index in [-0.39, 0.29) is 17.8 Å². The molecule has 0 saturated heterocycles. The first-order valence-corrected chi connectivity index (χ1v) is 11.8. The molecule has 2 fully saturated rings. The average Bonchev–Trinajstić information content (AvgIpc) is 3.15. The molecular weight excluding hydrogens is 420 g/mol. The van der Waals surface area contributed by atoms with Crippen LogP contribution in [0.1, 0.15) is 57.3 Å². The molecule has 1 heterocycles. The largest absolute Gasteiger partial charge is 0.453 e. The van der Waals surface area contributed by atoms with Gasteiger partial charge in [-0.15, -0.1) is 0 Å². The summed E-state index contributed by atoms with van der Waals surface area (Å²) in [6, 6.07) is 8.66. The number of aliphatic hydroxyl groups excluding tert-OH is 1. The smallest absolute Gasteiger partial charge is 0.338 e. The summed E-state index contributed by atoms with van der Waals surface area (Å²) in [7, 11) is 0. The molecule has 33 heavy (non-hydrogen) atoms.